The van der Waals surface area contributed by atoms with Crippen LogP contribution in [0.2, 0.25) is 0 Å². The van der Waals surface area contributed by atoms with E-state index in [2.05, 4.69) is 11.9 Å². The monoisotopic (exact) mass is 191 g/mol. The fourth-order valence-corrected chi connectivity index (χ4v) is 1.68. The van der Waals surface area contributed by atoms with Gasteiger partial charge in [-0.1, -0.05) is 0 Å². The summed E-state index contributed by atoms with van der Waals surface area (Å²) in [5.74, 6) is 0.760. The smallest absolute Gasteiger partial charge is 0.0702 e. The van der Waals surface area contributed by atoms with Crippen LogP contribution in [-0.4, -0.2) is 43.6 Å². The van der Waals surface area contributed by atoms with Crippen molar-refractivity contribution in [2.75, 3.05) is 32.6 Å². The van der Waals surface area contributed by atoms with E-state index in [-0.39, 0.29) is 0 Å². The molecule has 0 spiro atoms. The number of alkyl halides is 1. The van der Waals surface area contributed by atoms with Crippen LogP contribution < -0.4 is 0 Å². The Morgan fingerprint density at radius 2 is 2.42 bits per heavy atom. The van der Waals surface area contributed by atoms with E-state index in [1.54, 1.807) is 0 Å². The van der Waals surface area contributed by atoms with E-state index in [0.29, 0.717) is 6.10 Å². The predicted octanol–water partition coefficient (Wildman–Crippen LogP) is 1.73. The first-order valence-corrected chi connectivity index (χ1v) is 5.22. The molecular formula is C9H18ClNO. The first-order chi connectivity index (χ1) is 5.83. The molecule has 0 amide bonds. The van der Waals surface area contributed by atoms with Crippen LogP contribution in [0.3, 0.4) is 0 Å². The zero-order chi connectivity index (χ0) is 8.81. The van der Waals surface area contributed by atoms with Crippen molar-refractivity contribution in [1.82, 2.24) is 4.90 Å². The predicted molar refractivity (Wildman–Crippen MR) is 51.8 cm³/mol. The highest BCUT2D eigenvalue weighted by molar-refractivity contribution is 6.17. The fraction of sp³-hybridized carbons (Fsp3) is 1.00. The van der Waals surface area contributed by atoms with Crippen molar-refractivity contribution >= 4 is 11.6 Å². The molecule has 72 valence electrons. The molecule has 1 rings (SSSR count). The number of ether oxygens (including phenoxy) is 1. The molecule has 0 N–H and O–H groups in total. The number of rotatable bonds is 5. The quantitative estimate of drug-likeness (QED) is 0.614. The molecule has 0 saturated carbocycles. The Balaban J connectivity index is 2.03. The maximum absolute atomic E-state index is 5.60. The van der Waals surface area contributed by atoms with Gasteiger partial charge in [0.2, 0.25) is 0 Å². The molecule has 0 radical (unpaired) electrons. The van der Waals surface area contributed by atoms with Crippen molar-refractivity contribution in [3.05, 3.63) is 0 Å². The molecule has 1 aliphatic heterocycles. The minimum Gasteiger partial charge on any atom is -0.377 e. The lowest BCUT2D eigenvalue weighted by Gasteiger charge is -2.19. The maximum Gasteiger partial charge on any atom is 0.0702 e. The summed E-state index contributed by atoms with van der Waals surface area (Å²) >= 11 is 5.60. The van der Waals surface area contributed by atoms with Gasteiger partial charge in [-0.15, -0.1) is 11.6 Å². The molecule has 0 aromatic carbocycles. The van der Waals surface area contributed by atoms with Crippen molar-refractivity contribution in [2.24, 2.45) is 0 Å². The second-order valence-electron chi connectivity index (χ2n) is 3.44. The van der Waals surface area contributed by atoms with Crippen LogP contribution >= 0.6 is 11.6 Å². The van der Waals surface area contributed by atoms with Crippen LogP contribution in [0.4, 0.5) is 0 Å². The molecule has 1 atom stereocenters. The Bertz CT molecular complexity index is 115. The number of nitrogens with zero attached hydrogens (tertiary/aromatic N) is 1. The second kappa shape index (κ2) is 5.79. The van der Waals surface area contributed by atoms with Crippen LogP contribution in [0.15, 0.2) is 0 Å². The summed E-state index contributed by atoms with van der Waals surface area (Å²) < 4.78 is 5.53. The van der Waals surface area contributed by atoms with E-state index in [1.807, 2.05) is 0 Å². The normalized spacial score (nSPS) is 23.8. The Morgan fingerprint density at radius 1 is 1.58 bits per heavy atom. The zero-order valence-corrected chi connectivity index (χ0v) is 8.52. The molecule has 0 aromatic heterocycles. The van der Waals surface area contributed by atoms with E-state index in [0.717, 1.165) is 32.0 Å². The van der Waals surface area contributed by atoms with E-state index in [4.69, 9.17) is 16.3 Å². The molecule has 1 unspecified atom stereocenters. The lowest BCUT2D eigenvalue weighted by Crippen LogP contribution is -2.29. The van der Waals surface area contributed by atoms with Gasteiger partial charge in [0.15, 0.2) is 0 Å². The third-order valence-corrected chi connectivity index (χ3v) is 2.48. The minimum atomic E-state index is 0.477. The molecule has 1 fully saturated rings. The Labute approximate surface area is 79.8 Å². The van der Waals surface area contributed by atoms with E-state index in [9.17, 15) is 0 Å². The number of hydrogen-bond acceptors (Lipinski definition) is 2. The van der Waals surface area contributed by atoms with E-state index < -0.39 is 0 Å². The standard InChI is InChI=1S/C9H18ClNO/c1-11(6-3-5-10)8-9-4-2-7-12-9/h9H,2-8H2,1H3. The Kier molecular flexibility index (Phi) is 4.96. The molecule has 0 bridgehead atoms. The zero-order valence-electron chi connectivity index (χ0n) is 7.76. The summed E-state index contributed by atoms with van der Waals surface area (Å²) in [6.45, 7) is 3.11. The molecule has 3 heteroatoms. The van der Waals surface area contributed by atoms with Crippen molar-refractivity contribution in [1.29, 1.82) is 0 Å². The maximum atomic E-state index is 5.60. The molecule has 2 nitrogen and oxygen atoms in total. The van der Waals surface area contributed by atoms with Gasteiger partial charge in [-0.05, 0) is 32.9 Å². The van der Waals surface area contributed by atoms with Gasteiger partial charge in [0.25, 0.3) is 0 Å². The average Bonchev–Trinajstić information content (AvgIpc) is 2.53. The second-order valence-corrected chi connectivity index (χ2v) is 3.82. The van der Waals surface area contributed by atoms with Gasteiger partial charge in [0.1, 0.15) is 0 Å². The molecular weight excluding hydrogens is 174 g/mol. The molecule has 1 heterocycles. The van der Waals surface area contributed by atoms with Crippen molar-refractivity contribution < 1.29 is 4.74 Å². The summed E-state index contributed by atoms with van der Waals surface area (Å²) in [5, 5.41) is 0. The third-order valence-electron chi connectivity index (χ3n) is 2.21. The van der Waals surface area contributed by atoms with Gasteiger partial charge >= 0.3 is 0 Å². The summed E-state index contributed by atoms with van der Waals surface area (Å²) in [7, 11) is 2.13. The summed E-state index contributed by atoms with van der Waals surface area (Å²) in [6.07, 6.45) is 4.01. The van der Waals surface area contributed by atoms with Gasteiger partial charge in [0.05, 0.1) is 6.10 Å². The third kappa shape index (κ3) is 3.74. The van der Waals surface area contributed by atoms with Crippen molar-refractivity contribution in [2.45, 2.75) is 25.4 Å². The first-order valence-electron chi connectivity index (χ1n) is 4.69. The fourth-order valence-electron chi connectivity index (χ4n) is 1.56. The van der Waals surface area contributed by atoms with Crippen LogP contribution in [0, 0.1) is 0 Å². The summed E-state index contributed by atoms with van der Waals surface area (Å²) in [4.78, 5) is 2.30. The van der Waals surface area contributed by atoms with Crippen LogP contribution in [0.1, 0.15) is 19.3 Å². The molecule has 0 aliphatic carbocycles. The van der Waals surface area contributed by atoms with Gasteiger partial charge in [-0.2, -0.15) is 0 Å². The average molecular weight is 192 g/mol. The largest absolute Gasteiger partial charge is 0.377 e. The van der Waals surface area contributed by atoms with Crippen molar-refractivity contribution in [3.63, 3.8) is 0 Å². The molecule has 1 aliphatic rings. The SMILES string of the molecule is CN(CCCCl)CC1CCCO1. The lowest BCUT2D eigenvalue weighted by atomic mass is 10.2. The minimum absolute atomic E-state index is 0.477. The highest BCUT2D eigenvalue weighted by atomic mass is 35.5. The summed E-state index contributed by atoms with van der Waals surface area (Å²) in [5.41, 5.74) is 0. The van der Waals surface area contributed by atoms with Gasteiger partial charge < -0.3 is 9.64 Å². The van der Waals surface area contributed by atoms with E-state index in [1.165, 1.54) is 12.8 Å². The lowest BCUT2D eigenvalue weighted by molar-refractivity contribution is 0.0813. The molecule has 0 aromatic rings. The first kappa shape index (κ1) is 10.3. The number of likely N-dealkylation sites (N-methyl/N-ethyl adjacent to an activating group) is 1. The van der Waals surface area contributed by atoms with Crippen LogP contribution in [-0.2, 0) is 4.74 Å². The topological polar surface area (TPSA) is 12.5 Å². The van der Waals surface area contributed by atoms with Gasteiger partial charge in [-0.3, -0.25) is 0 Å². The molecule has 1 saturated heterocycles. The summed E-state index contributed by atoms with van der Waals surface area (Å²) in [6, 6.07) is 0. The highest BCUT2D eigenvalue weighted by Crippen LogP contribution is 2.12. The van der Waals surface area contributed by atoms with Gasteiger partial charge in [-0.25, -0.2) is 0 Å². The van der Waals surface area contributed by atoms with Crippen LogP contribution in [0.25, 0.3) is 0 Å². The number of hydrogen-bond donors (Lipinski definition) is 0. The van der Waals surface area contributed by atoms with E-state index >= 15 is 0 Å². The molecule has 12 heavy (non-hydrogen) atoms. The Hall–Kier alpha value is 0.210. The number of halogens is 1. The van der Waals surface area contributed by atoms with Crippen molar-refractivity contribution in [3.8, 4) is 0 Å². The Morgan fingerprint density at radius 3 is 3.00 bits per heavy atom. The van der Waals surface area contributed by atoms with Gasteiger partial charge in [0, 0.05) is 19.0 Å². The highest BCUT2D eigenvalue weighted by Gasteiger charge is 2.16. The van der Waals surface area contributed by atoms with Crippen LogP contribution in [0.5, 0.6) is 0 Å².